The Bertz CT molecular complexity index is 1170. The van der Waals surface area contributed by atoms with Crippen LogP contribution in [0.15, 0.2) is 60.7 Å². The van der Waals surface area contributed by atoms with Crippen LogP contribution in [0, 0.1) is 0 Å². The molecule has 3 aromatic carbocycles. The van der Waals surface area contributed by atoms with E-state index >= 15 is 0 Å². The fraction of sp³-hybridized carbons (Fsp3) is 0.217. The van der Waals surface area contributed by atoms with Crippen LogP contribution in [-0.2, 0) is 28.4 Å². The fourth-order valence-corrected chi connectivity index (χ4v) is 3.85. The van der Waals surface area contributed by atoms with E-state index in [2.05, 4.69) is 4.98 Å². The van der Waals surface area contributed by atoms with E-state index in [1.54, 1.807) is 18.9 Å². The minimum atomic E-state index is -0.273. The van der Waals surface area contributed by atoms with Gasteiger partial charge in [-0.15, -0.1) is 0 Å². The number of nitrogens with zero attached hydrogens (tertiary/aromatic N) is 2. The molecule has 4 rings (SSSR count). The van der Waals surface area contributed by atoms with Crippen molar-refractivity contribution >= 4 is 39.5 Å². The van der Waals surface area contributed by atoms with E-state index < -0.39 is 0 Å². The maximum Gasteiger partial charge on any atom is 0.326 e. The third kappa shape index (κ3) is 4.22. The Hall–Kier alpha value is -2.99. The summed E-state index contributed by atoms with van der Waals surface area (Å²) in [7, 11) is 1.66. The minimum absolute atomic E-state index is 0.154. The number of esters is 1. The zero-order valence-corrected chi connectivity index (χ0v) is 17.2. The van der Waals surface area contributed by atoms with Crippen LogP contribution in [0.4, 0.5) is 0 Å². The summed E-state index contributed by atoms with van der Waals surface area (Å²) in [6, 6.07) is 19.8. The lowest BCUT2D eigenvalue weighted by atomic mass is 10.1. The second kappa shape index (κ2) is 8.57. The predicted molar refractivity (Wildman–Crippen MR) is 117 cm³/mol. The normalized spacial score (nSPS) is 11.1. The molecule has 0 fully saturated rings. The summed E-state index contributed by atoms with van der Waals surface area (Å²) in [5.41, 5.74) is 2.80. The Kier molecular flexibility index (Phi) is 5.71. The number of carbonyl (C=O) groups is 1. The molecule has 148 valence electrons. The van der Waals surface area contributed by atoms with Crippen molar-refractivity contribution in [3.05, 3.63) is 72.1 Å². The van der Waals surface area contributed by atoms with Gasteiger partial charge in [-0.2, -0.15) is 11.8 Å². The molecule has 0 saturated carbocycles. The van der Waals surface area contributed by atoms with E-state index in [9.17, 15) is 4.79 Å². The molecular formula is C23H22N2O3S. The van der Waals surface area contributed by atoms with E-state index in [-0.39, 0.29) is 19.1 Å². The zero-order chi connectivity index (χ0) is 20.2. The zero-order valence-electron chi connectivity index (χ0n) is 16.4. The summed E-state index contributed by atoms with van der Waals surface area (Å²) in [6.45, 7) is 0.395. The number of benzene rings is 3. The summed E-state index contributed by atoms with van der Waals surface area (Å²) >= 11 is 1.68. The average Bonchev–Trinajstić information content (AvgIpc) is 3.09. The van der Waals surface area contributed by atoms with Crippen LogP contribution in [0.3, 0.4) is 0 Å². The quantitative estimate of drug-likeness (QED) is 0.413. The van der Waals surface area contributed by atoms with Crippen LogP contribution >= 0.6 is 11.8 Å². The van der Waals surface area contributed by atoms with E-state index in [0.717, 1.165) is 44.7 Å². The number of aromatic nitrogens is 2. The number of imidazole rings is 1. The van der Waals surface area contributed by atoms with Crippen LogP contribution in [0.1, 0.15) is 11.4 Å². The maximum atomic E-state index is 12.5. The molecule has 0 radical (unpaired) electrons. The number of hydrogen-bond donors (Lipinski definition) is 0. The molecular weight excluding hydrogens is 384 g/mol. The number of hydrogen-bond acceptors (Lipinski definition) is 5. The van der Waals surface area contributed by atoms with Gasteiger partial charge in [-0.25, -0.2) is 4.98 Å². The first-order chi connectivity index (χ1) is 14.2. The molecule has 0 bridgehead atoms. The third-order valence-electron chi connectivity index (χ3n) is 4.81. The van der Waals surface area contributed by atoms with Gasteiger partial charge in [0.15, 0.2) is 0 Å². The van der Waals surface area contributed by atoms with Gasteiger partial charge in [-0.1, -0.05) is 30.3 Å². The molecule has 0 atom stereocenters. The van der Waals surface area contributed by atoms with Crippen LogP contribution in [0.5, 0.6) is 5.75 Å². The predicted octanol–water partition coefficient (Wildman–Crippen LogP) is 4.80. The highest BCUT2D eigenvalue weighted by Gasteiger charge is 2.14. The van der Waals surface area contributed by atoms with Gasteiger partial charge in [0.05, 0.1) is 23.9 Å². The molecule has 0 aliphatic carbocycles. The van der Waals surface area contributed by atoms with Crippen molar-refractivity contribution in [2.75, 3.05) is 13.4 Å². The molecule has 6 heteroatoms. The van der Waals surface area contributed by atoms with Gasteiger partial charge < -0.3 is 14.0 Å². The molecule has 1 heterocycles. The first-order valence-corrected chi connectivity index (χ1v) is 10.7. The lowest BCUT2D eigenvalue weighted by Gasteiger charge is -2.10. The molecule has 0 unspecified atom stereocenters. The van der Waals surface area contributed by atoms with Crippen LogP contribution in [-0.4, -0.2) is 28.9 Å². The molecule has 0 aliphatic rings. The summed E-state index contributed by atoms with van der Waals surface area (Å²) in [5.74, 6) is 2.18. The highest BCUT2D eigenvalue weighted by atomic mass is 32.2. The largest absolute Gasteiger partial charge is 0.497 e. The standard InChI is InChI=1S/C23H22N2O3S/c1-27-19-10-9-17-11-16(7-8-18(17)12-19)14-28-23(26)13-25-21-6-4-3-5-20(21)24-22(25)15-29-2/h3-12H,13-15H2,1-2H3. The topological polar surface area (TPSA) is 53.4 Å². The number of rotatable bonds is 7. The molecule has 0 aliphatic heterocycles. The van der Waals surface area contributed by atoms with Crippen molar-refractivity contribution in [1.29, 1.82) is 0 Å². The Labute approximate surface area is 173 Å². The highest BCUT2D eigenvalue weighted by Crippen LogP contribution is 2.23. The van der Waals surface area contributed by atoms with Crippen molar-refractivity contribution in [1.82, 2.24) is 9.55 Å². The summed E-state index contributed by atoms with van der Waals surface area (Å²) < 4.78 is 12.8. The van der Waals surface area contributed by atoms with Crippen LogP contribution in [0.25, 0.3) is 21.8 Å². The molecule has 0 saturated heterocycles. The lowest BCUT2D eigenvalue weighted by molar-refractivity contribution is -0.145. The van der Waals surface area contributed by atoms with Gasteiger partial charge in [0.1, 0.15) is 24.7 Å². The van der Waals surface area contributed by atoms with Crippen LogP contribution < -0.4 is 4.74 Å². The van der Waals surface area contributed by atoms with Gasteiger partial charge in [-0.3, -0.25) is 4.79 Å². The highest BCUT2D eigenvalue weighted by molar-refractivity contribution is 7.97. The molecule has 0 amide bonds. The molecule has 5 nitrogen and oxygen atoms in total. The summed E-state index contributed by atoms with van der Waals surface area (Å²) in [4.78, 5) is 17.2. The number of thioether (sulfide) groups is 1. The molecule has 29 heavy (non-hydrogen) atoms. The van der Waals surface area contributed by atoms with Crippen molar-refractivity contribution < 1.29 is 14.3 Å². The second-order valence-corrected chi connectivity index (χ2v) is 7.61. The van der Waals surface area contributed by atoms with E-state index in [0.29, 0.717) is 0 Å². The summed E-state index contributed by atoms with van der Waals surface area (Å²) in [6.07, 6.45) is 2.03. The number of fused-ring (bicyclic) bond motifs is 2. The van der Waals surface area contributed by atoms with Gasteiger partial charge in [-0.05, 0) is 52.9 Å². The van der Waals surface area contributed by atoms with Gasteiger partial charge in [0, 0.05) is 0 Å². The number of ether oxygens (including phenoxy) is 2. The third-order valence-corrected chi connectivity index (χ3v) is 5.35. The lowest BCUT2D eigenvalue weighted by Crippen LogP contribution is -2.15. The minimum Gasteiger partial charge on any atom is -0.497 e. The number of para-hydroxylation sites is 2. The Morgan fingerprint density at radius 2 is 1.86 bits per heavy atom. The molecule has 0 N–H and O–H groups in total. The fourth-order valence-electron chi connectivity index (χ4n) is 3.37. The van der Waals surface area contributed by atoms with Crippen molar-refractivity contribution in [2.45, 2.75) is 18.9 Å². The maximum absolute atomic E-state index is 12.5. The summed E-state index contributed by atoms with van der Waals surface area (Å²) in [5, 5.41) is 2.17. The van der Waals surface area contributed by atoms with Gasteiger partial charge >= 0.3 is 5.97 Å². The van der Waals surface area contributed by atoms with Gasteiger partial charge in [0.25, 0.3) is 0 Å². The van der Waals surface area contributed by atoms with Crippen LogP contribution in [0.2, 0.25) is 0 Å². The average molecular weight is 407 g/mol. The SMILES string of the molecule is COc1ccc2cc(COC(=O)Cn3c(CSC)nc4ccccc43)ccc2c1. The first-order valence-electron chi connectivity index (χ1n) is 9.33. The van der Waals surface area contributed by atoms with Crippen molar-refractivity contribution in [2.24, 2.45) is 0 Å². The molecule has 1 aromatic heterocycles. The Morgan fingerprint density at radius 1 is 1.07 bits per heavy atom. The molecule has 0 spiro atoms. The van der Waals surface area contributed by atoms with E-state index in [1.807, 2.05) is 71.5 Å². The molecule has 4 aromatic rings. The smallest absolute Gasteiger partial charge is 0.326 e. The monoisotopic (exact) mass is 406 g/mol. The first kappa shape index (κ1) is 19.3. The Morgan fingerprint density at radius 3 is 2.69 bits per heavy atom. The van der Waals surface area contributed by atoms with E-state index in [1.165, 1.54) is 0 Å². The number of carbonyl (C=O) groups excluding carboxylic acids is 1. The van der Waals surface area contributed by atoms with Crippen molar-refractivity contribution in [3.8, 4) is 5.75 Å². The van der Waals surface area contributed by atoms with Crippen molar-refractivity contribution in [3.63, 3.8) is 0 Å². The number of methoxy groups -OCH3 is 1. The van der Waals surface area contributed by atoms with Gasteiger partial charge in [0.2, 0.25) is 0 Å². The van der Waals surface area contributed by atoms with E-state index in [4.69, 9.17) is 9.47 Å². The Balaban J connectivity index is 1.47. The second-order valence-electron chi connectivity index (χ2n) is 6.74.